The molecule has 0 spiro atoms. The highest BCUT2D eigenvalue weighted by Crippen LogP contribution is 2.26. The highest BCUT2D eigenvalue weighted by molar-refractivity contribution is 7.88. The van der Waals surface area contributed by atoms with Gasteiger partial charge >= 0.3 is 0 Å². The fourth-order valence-corrected chi connectivity index (χ4v) is 4.64. The number of ether oxygens (including phenoxy) is 1. The first kappa shape index (κ1) is 20.9. The van der Waals surface area contributed by atoms with Crippen LogP contribution in [0.2, 0.25) is 0 Å². The Balaban J connectivity index is 1.88. The maximum Gasteiger partial charge on any atom is 0.216 e. The molecular weight excluding hydrogens is 378 g/mol. The molecule has 1 aliphatic rings. The van der Waals surface area contributed by atoms with Gasteiger partial charge in [0, 0.05) is 38.1 Å². The van der Waals surface area contributed by atoms with E-state index in [1.54, 1.807) is 6.20 Å². The number of aromatic nitrogens is 1. The molecule has 2 N–H and O–H groups in total. The molecule has 3 atom stereocenters. The monoisotopic (exact) mass is 405 g/mol. The third-order valence-electron chi connectivity index (χ3n) is 5.05. The number of rotatable bonds is 7. The highest BCUT2D eigenvalue weighted by Gasteiger charge is 2.36. The van der Waals surface area contributed by atoms with Crippen LogP contribution in [0.3, 0.4) is 0 Å². The lowest BCUT2D eigenvalue weighted by molar-refractivity contribution is -0.199. The van der Waals surface area contributed by atoms with Crippen molar-refractivity contribution in [3.05, 3.63) is 54.4 Å². The second-order valence-corrected chi connectivity index (χ2v) is 8.93. The summed E-state index contributed by atoms with van der Waals surface area (Å²) in [6, 6.07) is 11.5. The van der Waals surface area contributed by atoms with Gasteiger partial charge in [0.1, 0.15) is 0 Å². The van der Waals surface area contributed by atoms with Crippen molar-refractivity contribution in [2.45, 2.75) is 37.8 Å². The molecule has 3 rings (SSSR count). The summed E-state index contributed by atoms with van der Waals surface area (Å²) in [5.74, 6) is 0. The van der Waals surface area contributed by atoms with Crippen LogP contribution in [0.15, 0.2) is 48.8 Å². The minimum absolute atomic E-state index is 0.220. The Morgan fingerprint density at radius 1 is 1.32 bits per heavy atom. The molecule has 0 amide bonds. The van der Waals surface area contributed by atoms with Gasteiger partial charge in [-0.05, 0) is 42.0 Å². The molecule has 0 bridgehead atoms. The normalized spacial score (nSPS) is 22.1. The van der Waals surface area contributed by atoms with E-state index in [1.807, 2.05) is 41.4 Å². The van der Waals surface area contributed by atoms with Crippen LogP contribution in [0.25, 0.3) is 11.1 Å². The number of pyridine rings is 1. The van der Waals surface area contributed by atoms with Crippen LogP contribution in [0.1, 0.15) is 18.4 Å². The highest BCUT2D eigenvalue weighted by atomic mass is 32.2. The summed E-state index contributed by atoms with van der Waals surface area (Å²) in [6.45, 7) is 0.643. The molecule has 2 heterocycles. The molecule has 1 aliphatic heterocycles. The number of benzene rings is 1. The number of piperidine rings is 1. The zero-order chi connectivity index (χ0) is 20.1. The van der Waals surface area contributed by atoms with Crippen LogP contribution in [-0.4, -0.2) is 61.8 Å². The van der Waals surface area contributed by atoms with Crippen molar-refractivity contribution in [3.8, 4) is 11.1 Å². The molecule has 1 aromatic carbocycles. The van der Waals surface area contributed by atoms with Crippen LogP contribution in [0, 0.1) is 0 Å². The summed E-state index contributed by atoms with van der Waals surface area (Å²) in [5.41, 5.74) is 3.13. The van der Waals surface area contributed by atoms with Gasteiger partial charge in [0.2, 0.25) is 16.4 Å². The molecule has 3 unspecified atom stereocenters. The zero-order valence-electron chi connectivity index (χ0n) is 16.2. The van der Waals surface area contributed by atoms with E-state index in [2.05, 4.69) is 15.8 Å². The van der Waals surface area contributed by atoms with Crippen molar-refractivity contribution in [2.75, 3.05) is 19.9 Å². The van der Waals surface area contributed by atoms with Gasteiger partial charge in [-0.15, -0.1) is 0 Å². The molecule has 0 radical (unpaired) electrons. The fraction of sp³-hybridized carbons (Fsp3) is 0.450. The minimum atomic E-state index is -3.36. The third kappa shape index (κ3) is 5.36. The largest absolute Gasteiger partial charge is 0.356 e. The van der Waals surface area contributed by atoms with Gasteiger partial charge in [0.15, 0.2) is 0 Å². The maximum absolute atomic E-state index is 11.9. The van der Waals surface area contributed by atoms with E-state index in [4.69, 9.17) is 4.74 Å². The second-order valence-electron chi connectivity index (χ2n) is 7.15. The van der Waals surface area contributed by atoms with E-state index < -0.39 is 16.4 Å². The molecule has 0 saturated carbocycles. The first-order valence-electron chi connectivity index (χ1n) is 9.30. The van der Waals surface area contributed by atoms with Gasteiger partial charge in [-0.2, -0.15) is 0 Å². The van der Waals surface area contributed by atoms with Crippen LogP contribution in [0.5, 0.6) is 0 Å². The molecule has 1 aromatic heterocycles. The first-order valence-corrected chi connectivity index (χ1v) is 11.2. The number of likely N-dealkylation sites (tertiary alicyclic amines) is 1. The van der Waals surface area contributed by atoms with Gasteiger partial charge in [-0.1, -0.05) is 30.3 Å². The summed E-state index contributed by atoms with van der Waals surface area (Å²) >= 11 is 0. The lowest BCUT2D eigenvalue weighted by Crippen LogP contribution is -2.59. The Labute approximate surface area is 166 Å². The van der Waals surface area contributed by atoms with Crippen LogP contribution < -0.4 is 4.72 Å². The average molecular weight is 406 g/mol. The van der Waals surface area contributed by atoms with Crippen molar-refractivity contribution >= 4 is 10.0 Å². The van der Waals surface area contributed by atoms with E-state index in [9.17, 15) is 13.5 Å². The second kappa shape index (κ2) is 9.11. The van der Waals surface area contributed by atoms with Crippen LogP contribution in [0.4, 0.5) is 0 Å². The minimum Gasteiger partial charge on any atom is -0.356 e. The lowest BCUT2D eigenvalue weighted by atomic mass is 9.91. The van der Waals surface area contributed by atoms with Crippen molar-refractivity contribution in [2.24, 2.45) is 0 Å². The maximum atomic E-state index is 11.9. The van der Waals surface area contributed by atoms with E-state index in [0.717, 1.165) is 23.1 Å². The molecule has 7 nitrogen and oxygen atoms in total. The Hall–Kier alpha value is -1.84. The van der Waals surface area contributed by atoms with Gasteiger partial charge in [-0.25, -0.2) is 13.1 Å². The Kier molecular flexibility index (Phi) is 6.79. The molecule has 1 saturated heterocycles. The Morgan fingerprint density at radius 3 is 2.79 bits per heavy atom. The van der Waals surface area contributed by atoms with Gasteiger partial charge in [0.05, 0.1) is 6.26 Å². The number of nitrogens with one attached hydrogen (secondary N) is 1. The molecule has 2 aromatic rings. The Morgan fingerprint density at radius 2 is 2.11 bits per heavy atom. The summed E-state index contributed by atoms with van der Waals surface area (Å²) in [6.07, 6.45) is 5.72. The first-order chi connectivity index (χ1) is 13.4. The molecule has 8 heteroatoms. The fourth-order valence-electron chi connectivity index (χ4n) is 3.82. The predicted molar refractivity (Wildman–Crippen MR) is 108 cm³/mol. The molecule has 28 heavy (non-hydrogen) atoms. The topological polar surface area (TPSA) is 91.8 Å². The quantitative estimate of drug-likeness (QED) is 0.680. The average Bonchev–Trinajstić information content (AvgIpc) is 2.68. The SMILES string of the molecule is COC(O)N1CCCC(NS(C)(=O)=O)C1Cc1cccc(-c2cccnc2)c1. The number of methoxy groups -OCH3 is 1. The number of sulfonamides is 1. The van der Waals surface area contributed by atoms with Crippen LogP contribution in [-0.2, 0) is 21.2 Å². The predicted octanol–water partition coefficient (Wildman–Crippen LogP) is 1.60. The Bertz CT molecular complexity index is 876. The van der Waals surface area contributed by atoms with Gasteiger partial charge in [-0.3, -0.25) is 9.88 Å². The summed E-state index contributed by atoms with van der Waals surface area (Å²) in [7, 11) is -1.92. The molecular formula is C20H27N3O4S. The van der Waals surface area contributed by atoms with E-state index in [0.29, 0.717) is 19.4 Å². The van der Waals surface area contributed by atoms with Gasteiger partial charge < -0.3 is 9.84 Å². The summed E-state index contributed by atoms with van der Waals surface area (Å²) in [4.78, 5) is 5.99. The summed E-state index contributed by atoms with van der Waals surface area (Å²) < 4.78 is 31.6. The third-order valence-corrected chi connectivity index (χ3v) is 5.78. The van der Waals surface area contributed by atoms with Crippen molar-refractivity contribution in [3.63, 3.8) is 0 Å². The molecule has 152 valence electrons. The standard InChI is InChI=1S/C20H27N3O4S/c1-27-20(24)23-11-5-9-18(22-28(2,25)26)19(23)13-15-6-3-7-16(12-15)17-8-4-10-21-14-17/h3-4,6-8,10,12,14,18-20,22,24H,5,9,11,13H2,1-2H3. The van der Waals surface area contributed by atoms with Crippen molar-refractivity contribution in [1.82, 2.24) is 14.6 Å². The number of hydrogen-bond donors (Lipinski definition) is 2. The zero-order valence-corrected chi connectivity index (χ0v) is 17.0. The summed E-state index contributed by atoms with van der Waals surface area (Å²) in [5, 5.41) is 10.3. The van der Waals surface area contributed by atoms with Crippen molar-refractivity contribution in [1.29, 1.82) is 0 Å². The number of aliphatic hydroxyl groups is 1. The van der Waals surface area contributed by atoms with E-state index in [-0.39, 0.29) is 12.1 Å². The van der Waals surface area contributed by atoms with Crippen molar-refractivity contribution < 1.29 is 18.3 Å². The van der Waals surface area contributed by atoms with Crippen LogP contribution >= 0.6 is 0 Å². The van der Waals surface area contributed by atoms with E-state index >= 15 is 0 Å². The number of nitrogens with zero attached hydrogens (tertiary/aromatic N) is 2. The smallest absolute Gasteiger partial charge is 0.216 e. The van der Waals surface area contributed by atoms with E-state index in [1.165, 1.54) is 13.4 Å². The number of aliphatic hydroxyl groups excluding tert-OH is 1. The lowest BCUT2D eigenvalue weighted by Gasteiger charge is -2.43. The molecule has 0 aliphatic carbocycles. The number of hydrogen-bond acceptors (Lipinski definition) is 6. The molecule has 1 fully saturated rings. The van der Waals surface area contributed by atoms with Gasteiger partial charge in [0.25, 0.3) is 0 Å².